The van der Waals surface area contributed by atoms with Crippen LogP contribution in [-0.2, 0) is 15.7 Å². The summed E-state index contributed by atoms with van der Waals surface area (Å²) in [4.78, 5) is 27.8. The van der Waals surface area contributed by atoms with Crippen molar-refractivity contribution >= 4 is 10.2 Å². The first kappa shape index (κ1) is 25.1. The first-order valence-electron chi connectivity index (χ1n) is 11.6. The van der Waals surface area contributed by atoms with Crippen LogP contribution in [0, 0.1) is 12.3 Å². The molecule has 186 valence electrons. The molecule has 1 aliphatic rings. The number of ether oxygens (including phenoxy) is 2. The highest BCUT2D eigenvalue weighted by Crippen LogP contribution is 2.61. The van der Waals surface area contributed by atoms with E-state index in [2.05, 4.69) is 4.98 Å². The second kappa shape index (κ2) is 8.60. The molecule has 0 unspecified atom stereocenters. The Balaban J connectivity index is 2.19. The minimum Gasteiger partial charge on any atom is -0.475 e. The van der Waals surface area contributed by atoms with Gasteiger partial charge in [0, 0.05) is 17.3 Å². The standard InChI is InChI=1S/C26H32N2O6Si/c1-17-15-28(22(31)27-21(17)30)26(35)25(18-11-7-5-8-12-18,33-19-13-9-6-10-14-19)24(32,23(2,3)4)20(16-29)34-26/h5-15,20,29,32H,16H2,1-4,35H3,(H,27,30,31)/t20-,24+,25-,26+/m1/s1. The van der Waals surface area contributed by atoms with Gasteiger partial charge in [0.1, 0.15) is 17.5 Å². The first-order chi connectivity index (χ1) is 16.4. The predicted octanol–water partition coefficient (Wildman–Crippen LogP) is 0.964. The normalized spacial score (nSPS) is 28.8. The molecule has 1 saturated heterocycles. The molecule has 3 N–H and O–H groups in total. The van der Waals surface area contributed by atoms with Gasteiger partial charge >= 0.3 is 5.69 Å². The van der Waals surface area contributed by atoms with E-state index in [4.69, 9.17) is 9.47 Å². The monoisotopic (exact) mass is 496 g/mol. The summed E-state index contributed by atoms with van der Waals surface area (Å²) in [6.45, 7) is 6.62. The van der Waals surface area contributed by atoms with Crippen molar-refractivity contribution in [1.29, 1.82) is 0 Å². The molecule has 1 aliphatic heterocycles. The van der Waals surface area contributed by atoms with Gasteiger partial charge in [-0.05, 0) is 24.5 Å². The molecule has 4 rings (SSSR count). The van der Waals surface area contributed by atoms with E-state index >= 15 is 0 Å². The number of rotatable bonds is 5. The summed E-state index contributed by atoms with van der Waals surface area (Å²) >= 11 is 0. The molecule has 2 aromatic carbocycles. The highest BCUT2D eigenvalue weighted by atomic mass is 28.1. The van der Waals surface area contributed by atoms with Crippen LogP contribution in [0.3, 0.4) is 0 Å². The molecule has 0 amide bonds. The predicted molar refractivity (Wildman–Crippen MR) is 136 cm³/mol. The smallest absolute Gasteiger partial charge is 0.330 e. The Morgan fingerprint density at radius 2 is 1.66 bits per heavy atom. The summed E-state index contributed by atoms with van der Waals surface area (Å²) in [5.41, 5.74) is -4.72. The van der Waals surface area contributed by atoms with E-state index in [1.54, 1.807) is 19.1 Å². The third kappa shape index (κ3) is 3.53. The minimum atomic E-state index is -1.82. The van der Waals surface area contributed by atoms with Gasteiger partial charge in [-0.15, -0.1) is 0 Å². The van der Waals surface area contributed by atoms with Crippen LogP contribution in [0.1, 0.15) is 31.9 Å². The molecule has 3 aromatic rings. The Morgan fingerprint density at radius 3 is 2.20 bits per heavy atom. The molecule has 0 saturated carbocycles. The fraction of sp³-hybridized carbons (Fsp3) is 0.385. The van der Waals surface area contributed by atoms with Gasteiger partial charge in [0.05, 0.1) is 16.8 Å². The number of para-hydroxylation sites is 1. The van der Waals surface area contributed by atoms with E-state index in [1.807, 2.05) is 69.3 Å². The molecular weight excluding hydrogens is 464 g/mol. The average molecular weight is 497 g/mol. The summed E-state index contributed by atoms with van der Waals surface area (Å²) in [6.07, 6.45) is 0.325. The first-order valence-corrected chi connectivity index (χ1v) is 12.6. The van der Waals surface area contributed by atoms with Gasteiger partial charge in [-0.3, -0.25) is 14.3 Å². The van der Waals surface area contributed by atoms with E-state index in [1.165, 1.54) is 10.8 Å². The van der Waals surface area contributed by atoms with Crippen LogP contribution < -0.4 is 16.0 Å². The highest BCUT2D eigenvalue weighted by molar-refractivity contribution is 6.14. The lowest BCUT2D eigenvalue weighted by atomic mass is 9.61. The van der Waals surface area contributed by atoms with Gasteiger partial charge in [-0.1, -0.05) is 69.3 Å². The van der Waals surface area contributed by atoms with Crippen molar-refractivity contribution in [1.82, 2.24) is 9.55 Å². The molecule has 1 fully saturated rings. The Bertz CT molecular complexity index is 1320. The number of hydrogen-bond donors (Lipinski definition) is 3. The Morgan fingerprint density at radius 1 is 1.09 bits per heavy atom. The fourth-order valence-corrected chi connectivity index (χ4v) is 6.76. The molecule has 35 heavy (non-hydrogen) atoms. The molecule has 2 heterocycles. The number of nitrogens with one attached hydrogen (secondary N) is 1. The number of H-pyrrole nitrogens is 1. The van der Waals surface area contributed by atoms with Gasteiger partial charge in [-0.2, -0.15) is 0 Å². The number of aromatic amines is 1. The van der Waals surface area contributed by atoms with Crippen molar-refractivity contribution in [3.8, 4) is 5.75 Å². The van der Waals surface area contributed by atoms with Crippen molar-refractivity contribution in [2.45, 2.75) is 50.3 Å². The summed E-state index contributed by atoms with van der Waals surface area (Å²) < 4.78 is 14.6. The molecule has 0 spiro atoms. The second-order valence-electron chi connectivity index (χ2n) is 10.2. The maximum absolute atomic E-state index is 13.3. The van der Waals surface area contributed by atoms with Crippen LogP contribution in [0.5, 0.6) is 5.75 Å². The Kier molecular flexibility index (Phi) is 6.17. The van der Waals surface area contributed by atoms with E-state index in [0.717, 1.165) is 0 Å². The highest BCUT2D eigenvalue weighted by Gasteiger charge is 2.78. The Hall–Kier alpha value is -2.98. The van der Waals surface area contributed by atoms with Crippen LogP contribution in [0.2, 0.25) is 0 Å². The third-order valence-electron chi connectivity index (χ3n) is 7.11. The van der Waals surface area contributed by atoms with Crippen molar-refractivity contribution in [2.75, 3.05) is 6.61 Å². The van der Waals surface area contributed by atoms with Crippen LogP contribution in [0.25, 0.3) is 0 Å². The average Bonchev–Trinajstić information content (AvgIpc) is 3.03. The minimum absolute atomic E-state index is 0.137. The summed E-state index contributed by atoms with van der Waals surface area (Å²) in [5, 5.41) is 21.7. The van der Waals surface area contributed by atoms with Crippen molar-refractivity contribution in [3.63, 3.8) is 0 Å². The molecule has 4 atom stereocenters. The largest absolute Gasteiger partial charge is 0.475 e. The lowest BCUT2D eigenvalue weighted by Crippen LogP contribution is -2.71. The lowest BCUT2D eigenvalue weighted by Gasteiger charge is -2.54. The van der Waals surface area contributed by atoms with Crippen molar-refractivity contribution in [2.24, 2.45) is 5.41 Å². The van der Waals surface area contributed by atoms with Gasteiger partial charge in [0.25, 0.3) is 5.56 Å². The molecular formula is C26H32N2O6Si. The number of hydrogen-bond acceptors (Lipinski definition) is 6. The quantitative estimate of drug-likeness (QED) is 0.454. The molecule has 0 bridgehead atoms. The van der Waals surface area contributed by atoms with E-state index in [-0.39, 0.29) is 10.2 Å². The fourth-order valence-electron chi connectivity index (χ4n) is 5.37. The zero-order valence-corrected chi connectivity index (χ0v) is 22.6. The molecule has 0 aliphatic carbocycles. The van der Waals surface area contributed by atoms with Gasteiger partial charge in [0.15, 0.2) is 5.35 Å². The summed E-state index contributed by atoms with van der Waals surface area (Å²) in [7, 11) is 0.137. The van der Waals surface area contributed by atoms with Crippen LogP contribution >= 0.6 is 0 Å². The van der Waals surface area contributed by atoms with E-state index < -0.39 is 45.9 Å². The van der Waals surface area contributed by atoms with Crippen LogP contribution in [0.4, 0.5) is 0 Å². The lowest BCUT2D eigenvalue weighted by molar-refractivity contribution is -0.205. The summed E-state index contributed by atoms with van der Waals surface area (Å²) in [6, 6.07) is 18.1. The van der Waals surface area contributed by atoms with Gasteiger partial charge in [-0.25, -0.2) is 4.79 Å². The maximum Gasteiger partial charge on any atom is 0.330 e. The van der Waals surface area contributed by atoms with Crippen LogP contribution in [0.15, 0.2) is 76.4 Å². The summed E-state index contributed by atoms with van der Waals surface area (Å²) in [5.74, 6) is 0.454. The SMILES string of the molecule is Cc1cn([C@]2([SiH3])O[C@H](CO)[C@](O)(C(C)(C)C)[C@]2(Oc2ccccc2)c2ccccc2)c(=O)[nH]c1=O. The van der Waals surface area contributed by atoms with E-state index in [0.29, 0.717) is 16.9 Å². The Labute approximate surface area is 206 Å². The number of aliphatic hydroxyl groups excluding tert-OH is 1. The number of benzene rings is 2. The molecule has 0 radical (unpaired) electrons. The third-order valence-corrected chi connectivity index (χ3v) is 8.53. The number of aliphatic hydroxyl groups is 2. The zero-order valence-electron chi connectivity index (χ0n) is 20.6. The van der Waals surface area contributed by atoms with Gasteiger partial charge in [0.2, 0.25) is 5.60 Å². The maximum atomic E-state index is 13.3. The van der Waals surface area contributed by atoms with Gasteiger partial charge < -0.3 is 19.7 Å². The van der Waals surface area contributed by atoms with Crippen molar-refractivity contribution in [3.05, 3.63) is 98.8 Å². The zero-order chi connectivity index (χ0) is 25.6. The molecule has 8 nitrogen and oxygen atoms in total. The number of aryl methyl sites for hydroxylation is 1. The topological polar surface area (TPSA) is 114 Å². The van der Waals surface area contributed by atoms with Crippen LogP contribution in [-0.4, -0.2) is 48.3 Å². The molecule has 9 heteroatoms. The van der Waals surface area contributed by atoms with E-state index in [9.17, 15) is 19.8 Å². The second-order valence-corrected chi connectivity index (χ2v) is 11.5. The molecule has 1 aromatic heterocycles. The van der Waals surface area contributed by atoms with Crippen molar-refractivity contribution < 1.29 is 19.7 Å². The number of nitrogens with zero attached hydrogens (tertiary/aromatic N) is 1. The number of aromatic nitrogens is 2.